The third kappa shape index (κ3) is 15.7. The highest BCUT2D eigenvalue weighted by Crippen LogP contribution is 2.10. The monoisotopic (exact) mass is 284 g/mol. The summed E-state index contributed by atoms with van der Waals surface area (Å²) in [6, 6.07) is 0. The van der Waals surface area contributed by atoms with Crippen molar-refractivity contribution in [1.29, 1.82) is 0 Å². The van der Waals surface area contributed by atoms with E-state index in [9.17, 15) is 5.11 Å². The van der Waals surface area contributed by atoms with Crippen molar-refractivity contribution in [1.82, 2.24) is 0 Å². The summed E-state index contributed by atoms with van der Waals surface area (Å²) in [6.07, 6.45) is 19.3. The Kier molecular flexibility index (Phi) is 16.4. The fraction of sp³-hybridized carbons (Fsp3) is 0.889. The Balaban J connectivity index is 3.21. The third-order valence-corrected chi connectivity index (χ3v) is 3.74. The first kappa shape index (κ1) is 19.7. The van der Waals surface area contributed by atoms with E-state index in [1.165, 1.54) is 44.9 Å². The minimum atomic E-state index is -0.137. The zero-order valence-corrected chi connectivity index (χ0v) is 13.5. The molecule has 0 aromatic heterocycles. The molecule has 0 heterocycles. The van der Waals surface area contributed by atoms with Crippen molar-refractivity contribution < 1.29 is 10.2 Å². The van der Waals surface area contributed by atoms with Gasteiger partial charge in [-0.25, -0.2) is 0 Å². The normalized spacial score (nSPS) is 13.2. The van der Waals surface area contributed by atoms with E-state index in [0.29, 0.717) is 6.61 Å². The Bertz CT molecular complexity index is 202. The molecule has 0 spiro atoms. The molecule has 120 valence electrons. The van der Waals surface area contributed by atoms with E-state index in [0.717, 1.165) is 38.5 Å². The number of unbranched alkanes of at least 4 members (excludes halogenated alkanes) is 9. The molecule has 2 nitrogen and oxygen atoms in total. The largest absolute Gasteiger partial charge is 0.396 e. The lowest BCUT2D eigenvalue weighted by molar-refractivity contribution is 0.163. The summed E-state index contributed by atoms with van der Waals surface area (Å²) < 4.78 is 0. The van der Waals surface area contributed by atoms with Gasteiger partial charge in [0.25, 0.3) is 0 Å². The summed E-state index contributed by atoms with van der Waals surface area (Å²) in [5, 5.41) is 18.5. The van der Waals surface area contributed by atoms with Gasteiger partial charge in [-0.2, -0.15) is 0 Å². The fourth-order valence-electron chi connectivity index (χ4n) is 2.38. The summed E-state index contributed by atoms with van der Waals surface area (Å²) in [7, 11) is 0. The maximum atomic E-state index is 9.80. The van der Waals surface area contributed by atoms with Crippen molar-refractivity contribution in [3.8, 4) is 0 Å². The zero-order valence-electron chi connectivity index (χ0n) is 13.5. The molecule has 0 saturated heterocycles. The Hall–Kier alpha value is -0.340. The van der Waals surface area contributed by atoms with Crippen LogP contribution in [0.15, 0.2) is 12.2 Å². The van der Waals surface area contributed by atoms with Crippen LogP contribution in [0.1, 0.15) is 90.4 Å². The van der Waals surface area contributed by atoms with Crippen LogP contribution in [-0.4, -0.2) is 22.9 Å². The van der Waals surface area contributed by atoms with Crippen LogP contribution in [0.25, 0.3) is 0 Å². The lowest BCUT2D eigenvalue weighted by Crippen LogP contribution is -2.04. The van der Waals surface area contributed by atoms with Gasteiger partial charge in [-0.05, 0) is 32.1 Å². The van der Waals surface area contributed by atoms with Crippen LogP contribution in [0.3, 0.4) is 0 Å². The van der Waals surface area contributed by atoms with Crippen molar-refractivity contribution >= 4 is 0 Å². The van der Waals surface area contributed by atoms with E-state index < -0.39 is 0 Å². The highest BCUT2D eigenvalue weighted by Gasteiger charge is 2.00. The molecule has 0 bridgehead atoms. The van der Waals surface area contributed by atoms with Gasteiger partial charge in [0, 0.05) is 6.61 Å². The SMILES string of the molecule is CCCCCCC(O)C/C=C\CCCCCCCCO. The topological polar surface area (TPSA) is 40.5 Å². The Morgan fingerprint density at radius 3 is 2.15 bits per heavy atom. The summed E-state index contributed by atoms with van der Waals surface area (Å²) in [5.74, 6) is 0. The van der Waals surface area contributed by atoms with Gasteiger partial charge < -0.3 is 10.2 Å². The van der Waals surface area contributed by atoms with E-state index >= 15 is 0 Å². The number of aliphatic hydroxyl groups is 2. The third-order valence-electron chi connectivity index (χ3n) is 3.74. The minimum Gasteiger partial charge on any atom is -0.396 e. The molecule has 0 radical (unpaired) electrons. The van der Waals surface area contributed by atoms with E-state index in [-0.39, 0.29) is 6.10 Å². The number of aliphatic hydroxyl groups excluding tert-OH is 2. The number of hydrogen-bond acceptors (Lipinski definition) is 2. The van der Waals surface area contributed by atoms with Crippen LogP contribution >= 0.6 is 0 Å². The highest BCUT2D eigenvalue weighted by molar-refractivity contribution is 4.83. The quantitative estimate of drug-likeness (QED) is 0.328. The molecule has 1 unspecified atom stereocenters. The first-order chi connectivity index (χ1) is 9.81. The maximum absolute atomic E-state index is 9.80. The van der Waals surface area contributed by atoms with Crippen LogP contribution in [-0.2, 0) is 0 Å². The Morgan fingerprint density at radius 2 is 1.45 bits per heavy atom. The first-order valence-electron chi connectivity index (χ1n) is 8.75. The van der Waals surface area contributed by atoms with Gasteiger partial charge in [-0.3, -0.25) is 0 Å². The summed E-state index contributed by atoms with van der Waals surface area (Å²) in [5.41, 5.74) is 0. The molecule has 2 N–H and O–H groups in total. The second-order valence-corrected chi connectivity index (χ2v) is 5.84. The molecule has 0 aromatic rings. The van der Waals surface area contributed by atoms with Crippen molar-refractivity contribution in [2.45, 2.75) is 96.5 Å². The predicted molar refractivity (Wildman–Crippen MR) is 87.9 cm³/mol. The fourth-order valence-corrected chi connectivity index (χ4v) is 2.38. The van der Waals surface area contributed by atoms with Crippen molar-refractivity contribution in [3.05, 3.63) is 12.2 Å². The summed E-state index contributed by atoms with van der Waals surface area (Å²) in [6.45, 7) is 2.55. The van der Waals surface area contributed by atoms with E-state index in [1.807, 2.05) is 0 Å². The summed E-state index contributed by atoms with van der Waals surface area (Å²) in [4.78, 5) is 0. The second-order valence-electron chi connectivity index (χ2n) is 5.84. The average Bonchev–Trinajstić information content (AvgIpc) is 2.45. The van der Waals surface area contributed by atoms with Crippen molar-refractivity contribution in [2.24, 2.45) is 0 Å². The van der Waals surface area contributed by atoms with Crippen molar-refractivity contribution in [3.63, 3.8) is 0 Å². The van der Waals surface area contributed by atoms with Gasteiger partial charge in [-0.15, -0.1) is 0 Å². The second kappa shape index (κ2) is 16.7. The lowest BCUT2D eigenvalue weighted by Gasteiger charge is -2.07. The molecular weight excluding hydrogens is 248 g/mol. The van der Waals surface area contributed by atoms with E-state index in [2.05, 4.69) is 19.1 Å². The van der Waals surface area contributed by atoms with Crippen LogP contribution < -0.4 is 0 Å². The molecule has 0 fully saturated rings. The van der Waals surface area contributed by atoms with Crippen LogP contribution in [0.4, 0.5) is 0 Å². The van der Waals surface area contributed by atoms with Crippen molar-refractivity contribution in [2.75, 3.05) is 6.61 Å². The van der Waals surface area contributed by atoms with Crippen LogP contribution in [0, 0.1) is 0 Å². The van der Waals surface area contributed by atoms with Crippen LogP contribution in [0.5, 0.6) is 0 Å². The number of hydrogen-bond donors (Lipinski definition) is 2. The first-order valence-corrected chi connectivity index (χ1v) is 8.75. The minimum absolute atomic E-state index is 0.137. The van der Waals surface area contributed by atoms with Gasteiger partial charge in [-0.1, -0.05) is 70.4 Å². The smallest absolute Gasteiger partial charge is 0.0574 e. The maximum Gasteiger partial charge on any atom is 0.0574 e. The highest BCUT2D eigenvalue weighted by atomic mass is 16.3. The Labute approximate surface area is 126 Å². The molecular formula is C18H36O2. The molecule has 1 atom stereocenters. The molecule has 0 aromatic carbocycles. The van der Waals surface area contributed by atoms with Gasteiger partial charge >= 0.3 is 0 Å². The summed E-state index contributed by atoms with van der Waals surface area (Å²) >= 11 is 0. The van der Waals surface area contributed by atoms with Crippen LogP contribution in [0.2, 0.25) is 0 Å². The molecule has 20 heavy (non-hydrogen) atoms. The molecule has 0 aliphatic rings. The Morgan fingerprint density at radius 1 is 0.800 bits per heavy atom. The molecule has 0 amide bonds. The number of allylic oxidation sites excluding steroid dienone is 1. The van der Waals surface area contributed by atoms with Gasteiger partial charge in [0.15, 0.2) is 0 Å². The average molecular weight is 284 g/mol. The number of rotatable bonds is 15. The molecule has 0 saturated carbocycles. The standard InChI is InChI=1S/C18H36O2/c1-2-3-4-12-15-18(20)16-13-10-8-6-5-7-9-11-14-17-19/h10,13,18-20H,2-9,11-12,14-17H2,1H3/b13-10-. The molecule has 0 rings (SSSR count). The lowest BCUT2D eigenvalue weighted by atomic mass is 10.1. The van der Waals surface area contributed by atoms with Gasteiger partial charge in [0.2, 0.25) is 0 Å². The van der Waals surface area contributed by atoms with Gasteiger partial charge in [0.1, 0.15) is 0 Å². The molecule has 2 heteroatoms. The zero-order chi connectivity index (χ0) is 14.9. The predicted octanol–water partition coefficient (Wildman–Crippen LogP) is 4.99. The van der Waals surface area contributed by atoms with E-state index in [1.54, 1.807) is 0 Å². The molecule has 0 aliphatic heterocycles. The van der Waals surface area contributed by atoms with Gasteiger partial charge in [0.05, 0.1) is 6.10 Å². The van der Waals surface area contributed by atoms with E-state index in [4.69, 9.17) is 5.11 Å². The molecule has 0 aliphatic carbocycles.